The van der Waals surface area contributed by atoms with Gasteiger partial charge in [-0.2, -0.15) is 0 Å². The zero-order valence-electron chi connectivity index (χ0n) is 11.7. The van der Waals surface area contributed by atoms with Gasteiger partial charge < -0.3 is 0 Å². The maximum Gasteiger partial charge on any atom is 0.255 e. The quantitative estimate of drug-likeness (QED) is 0.478. The topological polar surface area (TPSA) is 55.4 Å². The minimum atomic E-state index is 0.307. The van der Waals surface area contributed by atoms with Crippen LogP contribution in [0.2, 0.25) is 5.15 Å². The number of rotatable bonds is 2. The fourth-order valence-electron chi connectivity index (χ4n) is 2.30. The summed E-state index contributed by atoms with van der Waals surface area (Å²) in [6, 6.07) is 15.5. The molecule has 4 rings (SSSR count). The molecule has 0 fully saturated rings. The van der Waals surface area contributed by atoms with Crippen LogP contribution in [0, 0.1) is 0 Å². The Morgan fingerprint density at radius 2 is 1.83 bits per heavy atom. The lowest BCUT2D eigenvalue weighted by molar-refractivity contribution is 1.09. The highest BCUT2D eigenvalue weighted by Gasteiger charge is 2.12. The third-order valence-corrected chi connectivity index (χ3v) is 4.15. The average molecular weight is 387 g/mol. The second kappa shape index (κ2) is 5.72. The molecule has 0 aliphatic heterocycles. The summed E-state index contributed by atoms with van der Waals surface area (Å²) in [5, 5.41) is 8.52. The van der Waals surface area contributed by atoms with Crippen LogP contribution in [-0.2, 0) is 0 Å². The molecule has 0 spiro atoms. The number of hydrogen-bond donors (Lipinski definition) is 0. The first-order chi connectivity index (χ1) is 11.2. The molecule has 23 heavy (non-hydrogen) atoms. The number of aromatic nitrogens is 4. The molecule has 2 heterocycles. The summed E-state index contributed by atoms with van der Waals surface area (Å²) < 4.78 is 2.83. The SMILES string of the molecule is Clc1nc2ccccc2n2c(/N=C/c3ccc(Br)cc3)nnc12. The minimum Gasteiger partial charge on any atom is -0.255 e. The van der Waals surface area contributed by atoms with Crippen LogP contribution in [0.5, 0.6) is 0 Å². The number of fused-ring (bicyclic) bond motifs is 3. The average Bonchev–Trinajstić information content (AvgIpc) is 2.99. The molecule has 0 atom stereocenters. The predicted octanol–water partition coefficient (Wildman–Crippen LogP) is 4.44. The Kier molecular flexibility index (Phi) is 3.55. The highest BCUT2D eigenvalue weighted by atomic mass is 79.9. The van der Waals surface area contributed by atoms with Crippen LogP contribution in [0.1, 0.15) is 5.56 Å². The van der Waals surface area contributed by atoms with E-state index in [1.54, 1.807) is 10.6 Å². The number of nitrogens with zero attached hydrogens (tertiary/aromatic N) is 5. The Balaban J connectivity index is 1.89. The van der Waals surface area contributed by atoms with Crippen LogP contribution in [0.3, 0.4) is 0 Å². The second-order valence-corrected chi connectivity index (χ2v) is 6.13. The molecule has 4 aromatic rings. The van der Waals surface area contributed by atoms with E-state index in [-0.39, 0.29) is 0 Å². The van der Waals surface area contributed by atoms with Crippen molar-refractivity contribution in [2.45, 2.75) is 0 Å². The molecule has 0 radical (unpaired) electrons. The van der Waals surface area contributed by atoms with Crippen molar-refractivity contribution in [2.24, 2.45) is 4.99 Å². The molecule has 112 valence electrons. The van der Waals surface area contributed by atoms with E-state index in [2.05, 4.69) is 36.1 Å². The fourth-order valence-corrected chi connectivity index (χ4v) is 2.78. The standard InChI is InChI=1S/C16H9BrClN5/c17-11-7-5-10(6-8-11)9-19-16-22-21-15-14(18)20-12-3-1-2-4-13(12)23(15)16/h1-9H/b19-9+. The van der Waals surface area contributed by atoms with E-state index in [9.17, 15) is 0 Å². The zero-order chi connectivity index (χ0) is 15.8. The molecule has 2 aromatic heterocycles. The molecule has 0 unspecified atom stereocenters. The lowest BCUT2D eigenvalue weighted by Gasteiger charge is -2.02. The van der Waals surface area contributed by atoms with Crippen molar-refractivity contribution in [3.8, 4) is 0 Å². The van der Waals surface area contributed by atoms with E-state index in [4.69, 9.17) is 11.6 Å². The van der Waals surface area contributed by atoms with E-state index >= 15 is 0 Å². The maximum atomic E-state index is 6.19. The molecular formula is C16H9BrClN5. The highest BCUT2D eigenvalue weighted by Crippen LogP contribution is 2.24. The Hall–Kier alpha value is -2.31. The van der Waals surface area contributed by atoms with E-state index in [1.165, 1.54) is 0 Å². The first kappa shape index (κ1) is 14.3. The van der Waals surface area contributed by atoms with Crippen LogP contribution in [0.4, 0.5) is 5.95 Å². The van der Waals surface area contributed by atoms with Gasteiger partial charge in [-0.1, -0.05) is 51.8 Å². The van der Waals surface area contributed by atoms with Crippen molar-refractivity contribution in [3.05, 3.63) is 63.7 Å². The third kappa shape index (κ3) is 2.60. The minimum absolute atomic E-state index is 0.307. The molecule has 0 saturated heterocycles. The number of hydrogen-bond acceptors (Lipinski definition) is 4. The Bertz CT molecular complexity index is 1040. The van der Waals surface area contributed by atoms with Crippen LogP contribution >= 0.6 is 27.5 Å². The Morgan fingerprint density at radius 3 is 2.65 bits per heavy atom. The van der Waals surface area contributed by atoms with Gasteiger partial charge in [-0.15, -0.1) is 10.2 Å². The van der Waals surface area contributed by atoms with Gasteiger partial charge in [0.05, 0.1) is 11.0 Å². The summed E-state index contributed by atoms with van der Waals surface area (Å²) in [7, 11) is 0. The molecule has 0 aliphatic carbocycles. The molecule has 0 aliphatic rings. The van der Waals surface area contributed by atoms with Gasteiger partial charge in [0.15, 0.2) is 5.15 Å². The van der Waals surface area contributed by atoms with E-state index < -0.39 is 0 Å². The third-order valence-electron chi connectivity index (χ3n) is 3.37. The Labute approximate surface area is 144 Å². The van der Waals surface area contributed by atoms with Crippen molar-refractivity contribution in [2.75, 3.05) is 0 Å². The molecule has 0 N–H and O–H groups in total. The second-order valence-electron chi connectivity index (χ2n) is 4.86. The van der Waals surface area contributed by atoms with Crippen molar-refractivity contribution < 1.29 is 0 Å². The van der Waals surface area contributed by atoms with Gasteiger partial charge in [0.1, 0.15) is 0 Å². The molecule has 2 aromatic carbocycles. The maximum absolute atomic E-state index is 6.19. The van der Waals surface area contributed by atoms with Crippen molar-refractivity contribution in [1.29, 1.82) is 0 Å². The van der Waals surface area contributed by atoms with E-state index in [0.29, 0.717) is 16.7 Å². The van der Waals surface area contributed by atoms with Crippen molar-refractivity contribution >= 4 is 56.4 Å². The number of halogens is 2. The molecule has 7 heteroatoms. The lowest BCUT2D eigenvalue weighted by Crippen LogP contribution is -1.92. The van der Waals surface area contributed by atoms with Gasteiger partial charge in [0, 0.05) is 10.7 Å². The Morgan fingerprint density at radius 1 is 1.04 bits per heavy atom. The summed E-state index contributed by atoms with van der Waals surface area (Å²) >= 11 is 9.60. The van der Waals surface area contributed by atoms with Crippen molar-refractivity contribution in [1.82, 2.24) is 19.6 Å². The summed E-state index contributed by atoms with van der Waals surface area (Å²) in [6.07, 6.45) is 1.74. The normalized spacial score (nSPS) is 11.7. The molecular weight excluding hydrogens is 378 g/mol. The largest absolute Gasteiger partial charge is 0.255 e. The summed E-state index contributed by atoms with van der Waals surface area (Å²) in [5.74, 6) is 0.461. The molecule has 0 amide bonds. The summed E-state index contributed by atoms with van der Waals surface area (Å²) in [6.45, 7) is 0. The summed E-state index contributed by atoms with van der Waals surface area (Å²) in [5.41, 5.74) is 3.09. The first-order valence-electron chi connectivity index (χ1n) is 6.81. The smallest absolute Gasteiger partial charge is 0.255 e. The van der Waals surface area contributed by atoms with Crippen LogP contribution < -0.4 is 0 Å². The van der Waals surface area contributed by atoms with Crippen LogP contribution in [-0.4, -0.2) is 25.8 Å². The van der Waals surface area contributed by atoms with E-state index in [0.717, 1.165) is 21.1 Å². The number of para-hydroxylation sites is 2. The zero-order valence-corrected chi connectivity index (χ0v) is 14.0. The van der Waals surface area contributed by atoms with Gasteiger partial charge >= 0.3 is 0 Å². The number of benzene rings is 2. The molecule has 5 nitrogen and oxygen atoms in total. The van der Waals surface area contributed by atoms with Gasteiger partial charge in [-0.25, -0.2) is 9.98 Å². The van der Waals surface area contributed by atoms with Gasteiger partial charge in [0.25, 0.3) is 5.95 Å². The first-order valence-corrected chi connectivity index (χ1v) is 7.98. The van der Waals surface area contributed by atoms with Crippen LogP contribution in [0.15, 0.2) is 58.0 Å². The van der Waals surface area contributed by atoms with Gasteiger partial charge in [0.2, 0.25) is 5.65 Å². The highest BCUT2D eigenvalue weighted by molar-refractivity contribution is 9.10. The van der Waals surface area contributed by atoms with E-state index in [1.807, 2.05) is 48.5 Å². The van der Waals surface area contributed by atoms with Crippen LogP contribution in [0.25, 0.3) is 16.7 Å². The van der Waals surface area contributed by atoms with Crippen molar-refractivity contribution in [3.63, 3.8) is 0 Å². The van der Waals surface area contributed by atoms with Gasteiger partial charge in [-0.3, -0.25) is 4.40 Å². The molecule has 0 saturated carbocycles. The van der Waals surface area contributed by atoms with Gasteiger partial charge in [-0.05, 0) is 29.8 Å². The summed E-state index contributed by atoms with van der Waals surface area (Å²) in [4.78, 5) is 8.78. The lowest BCUT2D eigenvalue weighted by atomic mass is 10.2. The number of aliphatic imine (C=N–C) groups is 1. The fraction of sp³-hybridized carbons (Fsp3) is 0. The monoisotopic (exact) mass is 385 g/mol. The molecule has 0 bridgehead atoms. The predicted molar refractivity (Wildman–Crippen MR) is 94.7 cm³/mol.